The van der Waals surface area contributed by atoms with Crippen molar-refractivity contribution in [2.24, 2.45) is 0 Å². The standard InChI is InChI=1S/C17H18N4O2/c1-11-6-4-7-14(12(11)2)19-17(22)15-8-5-9-21(15)10-16-18-13(3)23-20-16/h4-9H,10H2,1-3H3,(H,19,22). The van der Waals surface area contributed by atoms with Crippen LogP contribution in [-0.2, 0) is 6.54 Å². The first kappa shape index (κ1) is 15.0. The van der Waals surface area contributed by atoms with Crippen LogP contribution in [0.25, 0.3) is 0 Å². The van der Waals surface area contributed by atoms with Crippen molar-refractivity contribution in [1.29, 1.82) is 0 Å². The van der Waals surface area contributed by atoms with E-state index in [0.717, 1.165) is 16.8 Å². The summed E-state index contributed by atoms with van der Waals surface area (Å²) in [5.74, 6) is 0.886. The Hall–Kier alpha value is -2.89. The summed E-state index contributed by atoms with van der Waals surface area (Å²) in [5, 5.41) is 6.82. The van der Waals surface area contributed by atoms with E-state index in [0.29, 0.717) is 24.0 Å². The van der Waals surface area contributed by atoms with E-state index < -0.39 is 0 Å². The minimum Gasteiger partial charge on any atom is -0.340 e. The van der Waals surface area contributed by atoms with Crippen molar-refractivity contribution in [2.75, 3.05) is 5.32 Å². The van der Waals surface area contributed by atoms with Crippen molar-refractivity contribution >= 4 is 11.6 Å². The van der Waals surface area contributed by atoms with Gasteiger partial charge in [-0.1, -0.05) is 17.3 Å². The largest absolute Gasteiger partial charge is 0.340 e. The van der Waals surface area contributed by atoms with Crippen LogP contribution in [0.4, 0.5) is 5.69 Å². The Balaban J connectivity index is 1.81. The molecular weight excluding hydrogens is 292 g/mol. The summed E-state index contributed by atoms with van der Waals surface area (Å²) in [5.41, 5.74) is 3.57. The molecule has 2 heterocycles. The number of carbonyl (C=O) groups excluding carboxylic acids is 1. The molecule has 3 rings (SSSR count). The van der Waals surface area contributed by atoms with E-state index in [4.69, 9.17) is 4.52 Å². The van der Waals surface area contributed by atoms with Gasteiger partial charge in [0.15, 0.2) is 5.82 Å². The van der Waals surface area contributed by atoms with E-state index in [-0.39, 0.29) is 5.91 Å². The van der Waals surface area contributed by atoms with Crippen LogP contribution in [-0.4, -0.2) is 20.6 Å². The van der Waals surface area contributed by atoms with Crippen molar-refractivity contribution in [3.05, 3.63) is 65.1 Å². The summed E-state index contributed by atoms with van der Waals surface area (Å²) < 4.78 is 6.76. The van der Waals surface area contributed by atoms with Crippen LogP contribution >= 0.6 is 0 Å². The smallest absolute Gasteiger partial charge is 0.272 e. The Kier molecular flexibility index (Phi) is 3.97. The first-order valence-electron chi connectivity index (χ1n) is 7.36. The van der Waals surface area contributed by atoms with Crippen molar-refractivity contribution in [1.82, 2.24) is 14.7 Å². The number of aromatic nitrogens is 3. The highest BCUT2D eigenvalue weighted by Gasteiger charge is 2.14. The van der Waals surface area contributed by atoms with Gasteiger partial charge in [0.1, 0.15) is 5.69 Å². The molecule has 6 heteroatoms. The molecule has 0 aliphatic heterocycles. The summed E-state index contributed by atoms with van der Waals surface area (Å²) in [6, 6.07) is 9.44. The van der Waals surface area contributed by atoms with Crippen LogP contribution in [0.5, 0.6) is 0 Å². The molecule has 0 saturated carbocycles. The third kappa shape index (κ3) is 3.15. The molecule has 6 nitrogen and oxygen atoms in total. The summed E-state index contributed by atoms with van der Waals surface area (Å²) in [6.07, 6.45) is 1.82. The zero-order chi connectivity index (χ0) is 16.4. The average molecular weight is 310 g/mol. The Bertz CT molecular complexity index is 848. The highest BCUT2D eigenvalue weighted by molar-refractivity contribution is 6.03. The molecule has 0 aliphatic carbocycles. The van der Waals surface area contributed by atoms with Gasteiger partial charge in [-0.2, -0.15) is 4.98 Å². The number of rotatable bonds is 4. The maximum Gasteiger partial charge on any atom is 0.272 e. The molecule has 0 bridgehead atoms. The van der Waals surface area contributed by atoms with Crippen LogP contribution in [0.2, 0.25) is 0 Å². The highest BCUT2D eigenvalue weighted by Crippen LogP contribution is 2.19. The fourth-order valence-electron chi connectivity index (χ4n) is 2.39. The van der Waals surface area contributed by atoms with Gasteiger partial charge in [-0.05, 0) is 43.2 Å². The van der Waals surface area contributed by atoms with Gasteiger partial charge in [-0.3, -0.25) is 4.79 Å². The second kappa shape index (κ2) is 6.08. The maximum atomic E-state index is 12.6. The molecule has 0 spiro atoms. The second-order valence-corrected chi connectivity index (χ2v) is 5.45. The van der Waals surface area contributed by atoms with E-state index in [1.54, 1.807) is 17.6 Å². The molecule has 1 aromatic carbocycles. The van der Waals surface area contributed by atoms with Crippen molar-refractivity contribution < 1.29 is 9.32 Å². The topological polar surface area (TPSA) is 73.0 Å². The predicted octanol–water partition coefficient (Wildman–Crippen LogP) is 3.10. The van der Waals surface area contributed by atoms with Gasteiger partial charge >= 0.3 is 0 Å². The first-order valence-corrected chi connectivity index (χ1v) is 7.36. The lowest BCUT2D eigenvalue weighted by Gasteiger charge is -2.11. The SMILES string of the molecule is Cc1nc(Cn2cccc2C(=O)Nc2cccc(C)c2C)no1. The van der Waals surface area contributed by atoms with Crippen molar-refractivity contribution in [3.63, 3.8) is 0 Å². The molecule has 0 aliphatic rings. The molecule has 0 saturated heterocycles. The van der Waals surface area contributed by atoms with E-state index in [2.05, 4.69) is 15.5 Å². The Morgan fingerprint density at radius 1 is 1.22 bits per heavy atom. The number of aryl methyl sites for hydroxylation is 2. The van der Waals surface area contributed by atoms with Crippen LogP contribution in [0.15, 0.2) is 41.1 Å². The third-order valence-electron chi connectivity index (χ3n) is 3.80. The van der Waals surface area contributed by atoms with Crippen LogP contribution in [0.1, 0.15) is 33.3 Å². The van der Waals surface area contributed by atoms with Gasteiger partial charge in [-0.25, -0.2) is 0 Å². The number of nitrogens with zero attached hydrogens (tertiary/aromatic N) is 3. The number of amides is 1. The maximum absolute atomic E-state index is 12.6. The number of nitrogens with one attached hydrogen (secondary N) is 1. The molecular formula is C17H18N4O2. The quantitative estimate of drug-likeness (QED) is 0.803. The van der Waals surface area contributed by atoms with E-state index >= 15 is 0 Å². The van der Waals surface area contributed by atoms with E-state index in [1.807, 2.05) is 44.3 Å². The first-order chi connectivity index (χ1) is 11.0. The Morgan fingerprint density at radius 2 is 2.04 bits per heavy atom. The zero-order valence-corrected chi connectivity index (χ0v) is 13.3. The molecule has 0 unspecified atom stereocenters. The molecule has 3 aromatic rings. The van der Waals surface area contributed by atoms with E-state index in [1.165, 1.54) is 0 Å². The lowest BCUT2D eigenvalue weighted by atomic mass is 10.1. The van der Waals surface area contributed by atoms with Gasteiger partial charge in [0.2, 0.25) is 5.89 Å². The van der Waals surface area contributed by atoms with Gasteiger partial charge in [0.05, 0.1) is 6.54 Å². The normalized spacial score (nSPS) is 10.7. The lowest BCUT2D eigenvalue weighted by molar-refractivity contribution is 0.101. The predicted molar refractivity (Wildman–Crippen MR) is 86.4 cm³/mol. The molecule has 118 valence electrons. The van der Waals surface area contributed by atoms with Gasteiger partial charge < -0.3 is 14.4 Å². The number of hydrogen-bond acceptors (Lipinski definition) is 4. The second-order valence-electron chi connectivity index (χ2n) is 5.45. The van der Waals surface area contributed by atoms with Gasteiger partial charge in [0, 0.05) is 18.8 Å². The molecule has 0 atom stereocenters. The fourth-order valence-corrected chi connectivity index (χ4v) is 2.39. The summed E-state index contributed by atoms with van der Waals surface area (Å²) in [7, 11) is 0. The number of carbonyl (C=O) groups is 1. The molecule has 0 fully saturated rings. The monoisotopic (exact) mass is 310 g/mol. The third-order valence-corrected chi connectivity index (χ3v) is 3.80. The lowest BCUT2D eigenvalue weighted by Crippen LogP contribution is -2.18. The molecule has 0 radical (unpaired) electrons. The zero-order valence-electron chi connectivity index (χ0n) is 13.3. The summed E-state index contributed by atoms with van der Waals surface area (Å²) in [6.45, 7) is 6.14. The van der Waals surface area contributed by atoms with E-state index in [9.17, 15) is 4.79 Å². The summed E-state index contributed by atoms with van der Waals surface area (Å²) >= 11 is 0. The minimum atomic E-state index is -0.163. The van der Waals surface area contributed by atoms with Crippen LogP contribution in [0, 0.1) is 20.8 Å². The number of benzene rings is 1. The number of hydrogen-bond donors (Lipinski definition) is 1. The van der Waals surface area contributed by atoms with Gasteiger partial charge in [-0.15, -0.1) is 0 Å². The molecule has 2 aromatic heterocycles. The van der Waals surface area contributed by atoms with Crippen LogP contribution < -0.4 is 5.32 Å². The van der Waals surface area contributed by atoms with Crippen molar-refractivity contribution in [3.8, 4) is 0 Å². The number of anilines is 1. The molecule has 23 heavy (non-hydrogen) atoms. The van der Waals surface area contributed by atoms with Crippen molar-refractivity contribution in [2.45, 2.75) is 27.3 Å². The van der Waals surface area contributed by atoms with Crippen LogP contribution in [0.3, 0.4) is 0 Å². The Morgan fingerprint density at radius 3 is 2.78 bits per heavy atom. The van der Waals surface area contributed by atoms with Gasteiger partial charge in [0.25, 0.3) is 5.91 Å². The fraction of sp³-hybridized carbons (Fsp3) is 0.235. The highest BCUT2D eigenvalue weighted by atomic mass is 16.5. The minimum absolute atomic E-state index is 0.163. The average Bonchev–Trinajstić information content (AvgIpc) is 3.13. The Labute approximate surface area is 134 Å². The summed E-state index contributed by atoms with van der Waals surface area (Å²) in [4.78, 5) is 16.7. The molecule has 1 amide bonds. The molecule has 1 N–H and O–H groups in total.